The summed E-state index contributed by atoms with van der Waals surface area (Å²) >= 11 is 5.92. The van der Waals surface area contributed by atoms with Crippen LogP contribution >= 0.6 is 11.6 Å². The Balaban J connectivity index is 2.32. The smallest absolute Gasteiger partial charge is 0.411 e. The highest BCUT2D eigenvalue weighted by Crippen LogP contribution is 2.25. The van der Waals surface area contributed by atoms with Gasteiger partial charge in [0.2, 0.25) is 5.91 Å². The van der Waals surface area contributed by atoms with Gasteiger partial charge in [0.05, 0.1) is 12.1 Å². The van der Waals surface area contributed by atoms with Gasteiger partial charge in [-0.05, 0) is 50.1 Å². The highest BCUT2D eigenvalue weighted by Gasteiger charge is 2.39. The van der Waals surface area contributed by atoms with Crippen LogP contribution in [0.4, 0.5) is 9.18 Å². The molecule has 0 spiro atoms. The monoisotopic (exact) mass is 480 g/mol. The van der Waals surface area contributed by atoms with E-state index < -0.39 is 29.4 Å². The highest BCUT2D eigenvalue weighted by atomic mass is 35.5. The first-order valence-corrected chi connectivity index (χ1v) is 10.7. The molecule has 1 atom stereocenters. The van der Waals surface area contributed by atoms with Crippen LogP contribution in [0.15, 0.2) is 42.5 Å². The third-order valence-corrected chi connectivity index (χ3v) is 5.18. The average Bonchev–Trinajstić information content (AvgIpc) is 2.77. The molecule has 0 bridgehead atoms. The molecule has 0 aliphatic rings. The summed E-state index contributed by atoms with van der Waals surface area (Å²) in [6.45, 7) is 5.24. The number of nitrogens with zero attached hydrogens (tertiary/aromatic N) is 1. The van der Waals surface area contributed by atoms with E-state index in [1.54, 1.807) is 58.2 Å². The van der Waals surface area contributed by atoms with Crippen LogP contribution in [-0.4, -0.2) is 49.4 Å². The van der Waals surface area contributed by atoms with E-state index in [0.29, 0.717) is 5.75 Å². The third-order valence-electron chi connectivity index (χ3n) is 4.89. The SMILES string of the molecule is COCNC(=O)C(Cc1cccc(Cl)c1F)N(C(=O)OCc1ccc(OC)cc1)C(C)(C)C. The van der Waals surface area contributed by atoms with Crippen LogP contribution in [-0.2, 0) is 27.3 Å². The Morgan fingerprint density at radius 3 is 2.36 bits per heavy atom. The van der Waals surface area contributed by atoms with Crippen LogP contribution in [0.1, 0.15) is 31.9 Å². The van der Waals surface area contributed by atoms with Crippen molar-refractivity contribution in [3.05, 3.63) is 64.4 Å². The Morgan fingerprint density at radius 2 is 1.79 bits per heavy atom. The molecule has 0 fully saturated rings. The van der Waals surface area contributed by atoms with Crippen LogP contribution in [0.3, 0.4) is 0 Å². The van der Waals surface area contributed by atoms with Crippen molar-refractivity contribution < 1.29 is 28.2 Å². The quantitative estimate of drug-likeness (QED) is 0.532. The van der Waals surface area contributed by atoms with Crippen LogP contribution in [0.2, 0.25) is 5.02 Å². The summed E-state index contributed by atoms with van der Waals surface area (Å²) in [6.07, 6.45) is -0.810. The van der Waals surface area contributed by atoms with E-state index in [9.17, 15) is 14.0 Å². The Hall–Kier alpha value is -2.84. The molecule has 0 radical (unpaired) electrons. The van der Waals surface area contributed by atoms with Gasteiger partial charge in [0.1, 0.15) is 30.9 Å². The Kier molecular flexibility index (Phi) is 9.49. The Morgan fingerprint density at radius 1 is 1.12 bits per heavy atom. The minimum Gasteiger partial charge on any atom is -0.497 e. The number of ether oxygens (including phenoxy) is 3. The second-order valence-electron chi connectivity index (χ2n) is 8.35. The van der Waals surface area contributed by atoms with E-state index in [4.69, 9.17) is 25.8 Å². The van der Waals surface area contributed by atoms with Crippen LogP contribution in [0, 0.1) is 5.82 Å². The maximum absolute atomic E-state index is 14.6. The van der Waals surface area contributed by atoms with Gasteiger partial charge in [0.15, 0.2) is 0 Å². The third kappa shape index (κ3) is 7.33. The zero-order chi connectivity index (χ0) is 24.6. The Bertz CT molecular complexity index is 947. The van der Waals surface area contributed by atoms with Crippen molar-refractivity contribution in [2.75, 3.05) is 21.0 Å². The summed E-state index contributed by atoms with van der Waals surface area (Å²) in [5.74, 6) is -0.462. The molecule has 33 heavy (non-hydrogen) atoms. The minimum absolute atomic E-state index is 0.00660. The molecular formula is C24H30ClFN2O5. The van der Waals surface area contributed by atoms with E-state index in [2.05, 4.69) is 5.32 Å². The number of nitrogens with one attached hydrogen (secondary N) is 1. The molecule has 0 aliphatic carbocycles. The largest absolute Gasteiger partial charge is 0.497 e. The second kappa shape index (κ2) is 11.9. The van der Waals surface area contributed by atoms with Gasteiger partial charge in [0.25, 0.3) is 0 Å². The number of hydrogen-bond acceptors (Lipinski definition) is 5. The van der Waals surface area contributed by atoms with Crippen molar-refractivity contribution in [2.45, 2.75) is 45.4 Å². The van der Waals surface area contributed by atoms with Crippen molar-refractivity contribution in [3.8, 4) is 5.75 Å². The average molecular weight is 481 g/mol. The Labute approximate surface area is 198 Å². The summed E-state index contributed by atoms with van der Waals surface area (Å²) in [4.78, 5) is 27.5. The summed E-state index contributed by atoms with van der Waals surface area (Å²) in [5, 5.41) is 2.54. The molecule has 0 aromatic heterocycles. The molecule has 2 amide bonds. The maximum atomic E-state index is 14.6. The number of carbonyl (C=O) groups excluding carboxylic acids is 2. The molecule has 0 saturated carbocycles. The number of hydrogen-bond donors (Lipinski definition) is 1. The molecule has 2 rings (SSSR count). The number of amides is 2. The standard InChI is InChI=1S/C24H30ClFN2O5/c1-24(2,3)28(23(30)33-14-16-9-11-18(32-5)12-10-16)20(22(29)27-15-31-4)13-17-7-6-8-19(25)21(17)26/h6-12,20H,13-15H2,1-5H3,(H,27,29). The topological polar surface area (TPSA) is 77.1 Å². The lowest BCUT2D eigenvalue weighted by Crippen LogP contribution is -2.58. The van der Waals surface area contributed by atoms with Gasteiger partial charge in [0, 0.05) is 19.1 Å². The van der Waals surface area contributed by atoms with E-state index in [-0.39, 0.29) is 30.3 Å². The first kappa shape index (κ1) is 26.4. The summed E-state index contributed by atoms with van der Waals surface area (Å²) in [6, 6.07) is 10.5. The summed E-state index contributed by atoms with van der Waals surface area (Å²) in [5.41, 5.74) is 0.137. The molecule has 2 aromatic rings. The van der Waals surface area contributed by atoms with Crippen LogP contribution in [0.25, 0.3) is 0 Å². The maximum Gasteiger partial charge on any atom is 0.411 e. The van der Waals surface area contributed by atoms with E-state index in [0.717, 1.165) is 5.56 Å². The molecule has 0 heterocycles. The van der Waals surface area contributed by atoms with Gasteiger partial charge in [-0.25, -0.2) is 9.18 Å². The van der Waals surface area contributed by atoms with Crippen molar-refractivity contribution in [1.82, 2.24) is 10.2 Å². The number of halogens is 2. The van der Waals surface area contributed by atoms with E-state index in [1.807, 2.05) is 0 Å². The molecule has 2 aromatic carbocycles. The number of carbonyl (C=O) groups is 2. The van der Waals surface area contributed by atoms with Crippen LogP contribution < -0.4 is 10.1 Å². The lowest BCUT2D eigenvalue weighted by molar-refractivity contribution is -0.129. The van der Waals surface area contributed by atoms with Crippen LogP contribution in [0.5, 0.6) is 5.75 Å². The number of methoxy groups -OCH3 is 2. The first-order chi connectivity index (χ1) is 15.6. The first-order valence-electron chi connectivity index (χ1n) is 10.4. The van der Waals surface area contributed by atoms with E-state index >= 15 is 0 Å². The van der Waals surface area contributed by atoms with Crippen molar-refractivity contribution in [1.29, 1.82) is 0 Å². The predicted octanol–water partition coefficient (Wildman–Crippen LogP) is 4.56. The number of rotatable bonds is 9. The van der Waals surface area contributed by atoms with Gasteiger partial charge in [-0.1, -0.05) is 35.9 Å². The van der Waals surface area contributed by atoms with Crippen molar-refractivity contribution >= 4 is 23.6 Å². The molecule has 0 aliphatic heterocycles. The fourth-order valence-corrected chi connectivity index (χ4v) is 3.48. The lowest BCUT2D eigenvalue weighted by atomic mass is 9.97. The summed E-state index contributed by atoms with van der Waals surface area (Å²) in [7, 11) is 2.99. The number of benzene rings is 2. The van der Waals surface area contributed by atoms with Gasteiger partial charge in [-0.3, -0.25) is 9.69 Å². The van der Waals surface area contributed by atoms with E-state index in [1.165, 1.54) is 24.1 Å². The molecule has 180 valence electrons. The molecular weight excluding hydrogens is 451 g/mol. The molecule has 1 unspecified atom stereocenters. The second-order valence-corrected chi connectivity index (χ2v) is 8.76. The lowest BCUT2D eigenvalue weighted by Gasteiger charge is -2.40. The molecule has 7 nitrogen and oxygen atoms in total. The van der Waals surface area contributed by atoms with Crippen molar-refractivity contribution in [3.63, 3.8) is 0 Å². The van der Waals surface area contributed by atoms with Crippen molar-refractivity contribution in [2.24, 2.45) is 0 Å². The zero-order valence-corrected chi connectivity index (χ0v) is 20.2. The minimum atomic E-state index is -1.07. The summed E-state index contributed by atoms with van der Waals surface area (Å²) < 4.78 is 30.2. The van der Waals surface area contributed by atoms with Gasteiger partial charge < -0.3 is 19.5 Å². The van der Waals surface area contributed by atoms with Gasteiger partial charge in [-0.2, -0.15) is 0 Å². The molecule has 9 heteroatoms. The highest BCUT2D eigenvalue weighted by molar-refractivity contribution is 6.30. The van der Waals surface area contributed by atoms with Gasteiger partial charge in [-0.15, -0.1) is 0 Å². The van der Waals surface area contributed by atoms with Gasteiger partial charge >= 0.3 is 6.09 Å². The zero-order valence-electron chi connectivity index (χ0n) is 19.5. The fraction of sp³-hybridized carbons (Fsp3) is 0.417. The molecule has 0 saturated heterocycles. The predicted molar refractivity (Wildman–Crippen MR) is 124 cm³/mol. The molecule has 1 N–H and O–H groups in total. The fourth-order valence-electron chi connectivity index (χ4n) is 3.28. The normalized spacial score (nSPS) is 12.1.